The van der Waals surface area contributed by atoms with Crippen LogP contribution in [0.2, 0.25) is 0 Å². The Hall–Kier alpha value is 1.23. The summed E-state index contributed by atoms with van der Waals surface area (Å²) in [7, 11) is -5.43. The molecule has 0 aromatic rings. The molecule has 0 aliphatic heterocycles. The third-order valence-electron chi connectivity index (χ3n) is 1.99. The molecular formula is C7H12N2NaO5PPt. The molecule has 17 heavy (non-hydrogen) atoms. The normalized spacial score (nSPS) is 23.3. The van der Waals surface area contributed by atoms with Crippen LogP contribution in [-0.4, -0.2) is 17.8 Å². The Bertz CT molecular complexity index is 255. The summed E-state index contributed by atoms with van der Waals surface area (Å²) in [5.74, 6) is 0. The molecule has 0 radical (unpaired) electrons. The van der Waals surface area contributed by atoms with Gasteiger partial charge in [-0.05, 0) is 7.60 Å². The third kappa shape index (κ3) is 12.0. The monoisotopic (exact) mass is 453 g/mol. The molecule has 1 aliphatic carbocycles. The van der Waals surface area contributed by atoms with E-state index in [0.717, 1.165) is 12.8 Å². The molecular weight excluding hydrogens is 441 g/mol. The molecule has 0 aromatic heterocycles. The van der Waals surface area contributed by atoms with Gasteiger partial charge in [-0.15, -0.1) is 0 Å². The summed E-state index contributed by atoms with van der Waals surface area (Å²) >= 11 is 0. The molecule has 10 heteroatoms. The standard InChI is InChI=1S/C6H12N2.CH3O5P.Na.Pt/c7-5-3-1-2-4-6(5)8;2-1(3)7(4,5)6;;/h5-8H,1-4H2;(H,2,3)(H2,4,5,6);;/q-2;;+1;+4/p-3. The van der Waals surface area contributed by atoms with Crippen LogP contribution in [0.4, 0.5) is 4.79 Å². The van der Waals surface area contributed by atoms with Crippen molar-refractivity contribution >= 4 is 13.3 Å². The summed E-state index contributed by atoms with van der Waals surface area (Å²) < 4.78 is 9.14. The van der Waals surface area contributed by atoms with E-state index in [0.29, 0.717) is 0 Å². The molecule has 1 fully saturated rings. The second-order valence-electron chi connectivity index (χ2n) is 3.26. The van der Waals surface area contributed by atoms with Gasteiger partial charge in [-0.3, -0.25) is 0 Å². The van der Waals surface area contributed by atoms with Crippen molar-refractivity contribution < 1.29 is 74.9 Å². The molecule has 1 rings (SSSR count). The van der Waals surface area contributed by atoms with Crippen LogP contribution in [0, 0.1) is 0 Å². The molecule has 0 spiro atoms. The average Bonchev–Trinajstić information content (AvgIpc) is 2.09. The number of carboxylic acid groups (broad SMARTS) is 1. The minimum absolute atomic E-state index is 0. The van der Waals surface area contributed by atoms with Crippen LogP contribution < -0.4 is 44.5 Å². The van der Waals surface area contributed by atoms with Gasteiger partial charge < -0.3 is 35.7 Å². The molecule has 2 atom stereocenters. The summed E-state index contributed by atoms with van der Waals surface area (Å²) in [6.45, 7) is 0. The Kier molecular flexibility index (Phi) is 15.2. The average molecular weight is 453 g/mol. The van der Waals surface area contributed by atoms with Crippen LogP contribution in [0.1, 0.15) is 25.7 Å². The number of hydrogen-bond donors (Lipinski definition) is 0. The van der Waals surface area contributed by atoms with Gasteiger partial charge in [0.05, 0.1) is 5.71 Å². The van der Waals surface area contributed by atoms with Crippen LogP contribution in [-0.2, 0) is 25.6 Å². The largest absolute Gasteiger partial charge is 4.00 e. The van der Waals surface area contributed by atoms with Crippen LogP contribution in [0.15, 0.2) is 0 Å². The molecule has 2 N–H and O–H groups in total. The van der Waals surface area contributed by atoms with Crippen LogP contribution in [0.3, 0.4) is 0 Å². The zero-order valence-corrected chi connectivity index (χ0v) is 14.5. The Morgan fingerprint density at radius 1 is 1.12 bits per heavy atom. The summed E-state index contributed by atoms with van der Waals surface area (Å²) in [5, 5.41) is 9.02. The van der Waals surface area contributed by atoms with E-state index in [2.05, 4.69) is 0 Å². The minimum Gasteiger partial charge on any atom is -0.807 e. The fourth-order valence-electron chi connectivity index (χ4n) is 1.13. The minimum atomic E-state index is -5.43. The molecule has 0 saturated heterocycles. The van der Waals surface area contributed by atoms with E-state index in [1.54, 1.807) is 0 Å². The Balaban J connectivity index is -0.000000208. The van der Waals surface area contributed by atoms with Gasteiger partial charge in [0, 0.05) is 0 Å². The van der Waals surface area contributed by atoms with Crippen molar-refractivity contribution in [2.45, 2.75) is 37.8 Å². The number of carbonyl (C=O) groups excluding carboxylic acids is 1. The fourth-order valence-corrected chi connectivity index (χ4v) is 1.13. The first-order valence-corrected chi connectivity index (χ1v) is 5.95. The maximum absolute atomic E-state index is 9.14. The predicted molar refractivity (Wildman–Crippen MR) is 47.7 cm³/mol. The Morgan fingerprint density at radius 3 is 1.47 bits per heavy atom. The number of nitrogens with one attached hydrogen (secondary N) is 2. The van der Waals surface area contributed by atoms with Gasteiger partial charge in [-0.2, -0.15) is 12.1 Å². The van der Waals surface area contributed by atoms with Crippen LogP contribution in [0.5, 0.6) is 0 Å². The van der Waals surface area contributed by atoms with E-state index in [4.69, 9.17) is 35.7 Å². The zero-order chi connectivity index (χ0) is 12.1. The first-order chi connectivity index (χ1) is 6.75. The SMILES string of the molecule is O=C([O-])P(=O)([O-])[O-].[NH-]C1CCCCC1[NH-].[Na+].[Pt+4]. The first-order valence-electron chi connectivity index (χ1n) is 4.41. The number of hydrogen-bond acceptors (Lipinski definition) is 5. The van der Waals surface area contributed by atoms with Crippen molar-refractivity contribution in [1.29, 1.82) is 0 Å². The summed E-state index contributed by atoms with van der Waals surface area (Å²) in [5.41, 5.74) is 12.0. The van der Waals surface area contributed by atoms with E-state index in [9.17, 15) is 0 Å². The van der Waals surface area contributed by atoms with Crippen molar-refractivity contribution in [3.8, 4) is 0 Å². The number of rotatable bonds is 1. The molecule has 0 aromatic carbocycles. The van der Waals surface area contributed by atoms with Gasteiger partial charge in [-0.1, -0.05) is 25.7 Å². The van der Waals surface area contributed by atoms with Crippen molar-refractivity contribution in [3.63, 3.8) is 0 Å². The second-order valence-corrected chi connectivity index (χ2v) is 4.62. The first kappa shape index (κ1) is 23.3. The molecule has 0 heterocycles. The quantitative estimate of drug-likeness (QED) is 0.300. The van der Waals surface area contributed by atoms with Crippen LogP contribution >= 0.6 is 7.60 Å². The maximum atomic E-state index is 9.14. The molecule has 96 valence electrons. The van der Waals surface area contributed by atoms with Gasteiger partial charge in [0.15, 0.2) is 0 Å². The van der Waals surface area contributed by atoms with Crippen molar-refractivity contribution in [2.24, 2.45) is 0 Å². The molecule has 0 amide bonds. The van der Waals surface area contributed by atoms with Gasteiger partial charge in [-0.25, -0.2) is 0 Å². The molecule has 0 bridgehead atoms. The van der Waals surface area contributed by atoms with E-state index in [-0.39, 0.29) is 62.7 Å². The van der Waals surface area contributed by atoms with E-state index in [1.807, 2.05) is 0 Å². The Morgan fingerprint density at radius 2 is 1.35 bits per heavy atom. The second kappa shape index (κ2) is 11.1. The Labute approximate surface area is 136 Å². The van der Waals surface area contributed by atoms with Crippen molar-refractivity contribution in [2.75, 3.05) is 0 Å². The summed E-state index contributed by atoms with van der Waals surface area (Å²) in [4.78, 5) is 27.3. The molecule has 2 unspecified atom stereocenters. The predicted octanol–water partition coefficient (Wildman–Crippen LogP) is -3.35. The van der Waals surface area contributed by atoms with Crippen LogP contribution in [0.25, 0.3) is 11.5 Å². The van der Waals surface area contributed by atoms with Crippen molar-refractivity contribution in [3.05, 3.63) is 11.5 Å². The van der Waals surface area contributed by atoms with Gasteiger partial charge >= 0.3 is 50.6 Å². The molecule has 7 nitrogen and oxygen atoms in total. The summed E-state index contributed by atoms with van der Waals surface area (Å²) in [6.07, 6.45) is 4.25. The summed E-state index contributed by atoms with van der Waals surface area (Å²) in [6, 6.07) is -0.160. The number of carbonyl (C=O) groups is 1. The van der Waals surface area contributed by atoms with Gasteiger partial charge in [0.2, 0.25) is 0 Å². The van der Waals surface area contributed by atoms with E-state index in [1.165, 1.54) is 12.8 Å². The fraction of sp³-hybridized carbons (Fsp3) is 0.857. The van der Waals surface area contributed by atoms with Gasteiger partial charge in [0.25, 0.3) is 0 Å². The molecule has 1 aliphatic rings. The molecule has 1 saturated carbocycles. The maximum Gasteiger partial charge on any atom is 4.00 e. The van der Waals surface area contributed by atoms with Gasteiger partial charge in [0.1, 0.15) is 0 Å². The van der Waals surface area contributed by atoms with E-state index < -0.39 is 13.3 Å². The third-order valence-corrected chi connectivity index (χ3v) is 2.44. The smallest absolute Gasteiger partial charge is 0.807 e. The zero-order valence-electron chi connectivity index (χ0n) is 9.29. The topological polar surface area (TPSA) is 151 Å². The van der Waals surface area contributed by atoms with E-state index >= 15 is 0 Å². The van der Waals surface area contributed by atoms with Crippen molar-refractivity contribution in [1.82, 2.24) is 0 Å².